The van der Waals surface area contributed by atoms with E-state index in [0.29, 0.717) is 0 Å². The van der Waals surface area contributed by atoms with Gasteiger partial charge in [0.25, 0.3) is 0 Å². The minimum Gasteiger partial charge on any atom is -0.251 e. The Morgan fingerprint density at radius 1 is 0.455 bits per heavy atom. The number of hydrogen-bond acceptors (Lipinski definition) is 2. The Morgan fingerprint density at radius 2 is 0.841 bits per heavy atom. The molecule has 2 nitrogen and oxygen atoms in total. The second-order valence-corrected chi connectivity index (χ2v) is 12.7. The molecule has 2 rings (SSSR count). The maximum atomic E-state index is 5.03. The molecule has 0 fully saturated rings. The van der Waals surface area contributed by atoms with Crippen molar-refractivity contribution in [3.05, 3.63) is 72.8 Å². The lowest BCUT2D eigenvalue weighted by atomic mass is 10.0. The number of allylic oxidation sites excluding steroid dienone is 2. The summed E-state index contributed by atoms with van der Waals surface area (Å²) in [6.07, 6.45) is 37.4. The number of unbranched alkanes of at least 4 members (excludes halogenated alkanes) is 21. The third-order valence-corrected chi connectivity index (χ3v) is 8.59. The second kappa shape index (κ2) is 28.0. The third-order valence-electron chi connectivity index (χ3n) is 8.59. The molecule has 0 unspecified atom stereocenters. The molecule has 0 aromatic heterocycles. The van der Waals surface area contributed by atoms with Crippen molar-refractivity contribution in [3.63, 3.8) is 0 Å². The fraction of sp³-hybridized carbons (Fsp3) is 0.619. The van der Waals surface area contributed by atoms with Gasteiger partial charge in [0, 0.05) is 0 Å². The van der Waals surface area contributed by atoms with Crippen LogP contribution in [0.3, 0.4) is 0 Å². The summed E-state index contributed by atoms with van der Waals surface area (Å²) in [6, 6.07) is 20.6. The van der Waals surface area contributed by atoms with Crippen molar-refractivity contribution in [2.24, 2.45) is 9.98 Å². The maximum Gasteiger partial charge on any atom is 0.0848 e. The summed E-state index contributed by atoms with van der Waals surface area (Å²) in [7, 11) is 0. The van der Waals surface area contributed by atoms with Gasteiger partial charge in [0.05, 0.1) is 22.8 Å². The molecule has 0 spiro atoms. The van der Waals surface area contributed by atoms with Gasteiger partial charge in [-0.3, -0.25) is 4.99 Å². The van der Waals surface area contributed by atoms with Gasteiger partial charge in [-0.1, -0.05) is 185 Å². The number of hydrogen-bond donors (Lipinski definition) is 0. The highest BCUT2D eigenvalue weighted by molar-refractivity contribution is 6.47. The minimum absolute atomic E-state index is 0.945. The Morgan fingerprint density at radius 3 is 1.27 bits per heavy atom. The molecule has 0 aliphatic rings. The van der Waals surface area contributed by atoms with Gasteiger partial charge in [-0.25, -0.2) is 4.99 Å². The number of benzene rings is 2. The largest absolute Gasteiger partial charge is 0.251 e. The average Bonchev–Trinajstić information content (AvgIpc) is 3.06. The monoisotopic (exact) mass is 599 g/mol. The summed E-state index contributed by atoms with van der Waals surface area (Å²) in [6.45, 7) is 4.54. The van der Waals surface area contributed by atoms with E-state index >= 15 is 0 Å². The van der Waals surface area contributed by atoms with Crippen LogP contribution in [0.25, 0.3) is 0 Å². The zero-order valence-electron chi connectivity index (χ0n) is 28.8. The average molecular weight is 599 g/mol. The molecule has 0 bridgehead atoms. The Labute approximate surface area is 273 Å². The molecule has 2 aromatic rings. The van der Waals surface area contributed by atoms with Crippen molar-refractivity contribution in [2.45, 2.75) is 168 Å². The zero-order valence-corrected chi connectivity index (χ0v) is 28.8. The van der Waals surface area contributed by atoms with Gasteiger partial charge < -0.3 is 0 Å². The van der Waals surface area contributed by atoms with Gasteiger partial charge in [-0.15, -0.1) is 0 Å². The van der Waals surface area contributed by atoms with Crippen LogP contribution in [0, 0.1) is 0 Å². The van der Waals surface area contributed by atoms with Crippen molar-refractivity contribution in [1.29, 1.82) is 0 Å². The number of aliphatic imine (C=N–C) groups is 2. The normalized spacial score (nSPS) is 12.4. The summed E-state index contributed by atoms with van der Waals surface area (Å²) >= 11 is 0. The molecule has 0 aliphatic carbocycles. The second-order valence-electron chi connectivity index (χ2n) is 12.7. The molecule has 0 N–H and O–H groups in total. The van der Waals surface area contributed by atoms with Crippen LogP contribution < -0.4 is 0 Å². The topological polar surface area (TPSA) is 24.7 Å². The lowest BCUT2D eigenvalue weighted by Crippen LogP contribution is -2.11. The van der Waals surface area contributed by atoms with E-state index in [4.69, 9.17) is 9.98 Å². The van der Waals surface area contributed by atoms with Gasteiger partial charge in [0.15, 0.2) is 0 Å². The van der Waals surface area contributed by atoms with Crippen molar-refractivity contribution in [3.8, 4) is 0 Å². The maximum absolute atomic E-state index is 5.03. The van der Waals surface area contributed by atoms with Crippen LogP contribution in [0.15, 0.2) is 82.8 Å². The van der Waals surface area contributed by atoms with Crippen LogP contribution in [-0.4, -0.2) is 11.4 Å². The van der Waals surface area contributed by atoms with E-state index in [2.05, 4.69) is 74.5 Å². The van der Waals surface area contributed by atoms with Crippen LogP contribution in [0.2, 0.25) is 0 Å². The van der Waals surface area contributed by atoms with Gasteiger partial charge in [0.2, 0.25) is 0 Å². The highest BCUT2D eigenvalue weighted by Gasteiger charge is 2.08. The van der Waals surface area contributed by atoms with Crippen molar-refractivity contribution >= 4 is 22.8 Å². The van der Waals surface area contributed by atoms with Crippen LogP contribution in [0.1, 0.15) is 168 Å². The lowest BCUT2D eigenvalue weighted by molar-refractivity contribution is 0.522. The van der Waals surface area contributed by atoms with Gasteiger partial charge in [-0.05, 0) is 56.0 Å². The Bertz CT molecular complexity index is 989. The third kappa shape index (κ3) is 20.5. The standard InChI is InChI=1S/C42H66N2/c1-3-5-7-8-9-10-11-12-13-14-15-16-17-18-19-20-21-22-23-24-25-32-38-42(44-40-35-30-27-31-36-40)41(37-6-4-2)43-39-33-28-26-29-34-39/h26-36,38H,3-25,37H2,1-2H3. The van der Waals surface area contributed by atoms with E-state index in [9.17, 15) is 0 Å². The first-order chi connectivity index (χ1) is 21.8. The van der Waals surface area contributed by atoms with E-state index in [-0.39, 0.29) is 0 Å². The molecular weight excluding hydrogens is 532 g/mol. The molecule has 0 heterocycles. The predicted molar refractivity (Wildman–Crippen MR) is 198 cm³/mol. The van der Waals surface area contributed by atoms with Gasteiger partial charge in [-0.2, -0.15) is 0 Å². The molecule has 0 saturated heterocycles. The first-order valence-electron chi connectivity index (χ1n) is 18.8. The summed E-state index contributed by atoms with van der Waals surface area (Å²) in [5, 5.41) is 0. The fourth-order valence-corrected chi connectivity index (χ4v) is 5.80. The SMILES string of the molecule is CCCCCCCCCCCCCCCCCCCCCCC=CC(=Nc1ccccc1)C(CCCC)=Nc1ccccc1. The molecule has 2 heteroatoms. The number of para-hydroxylation sites is 2. The predicted octanol–water partition coefficient (Wildman–Crippen LogP) is 14.5. The highest BCUT2D eigenvalue weighted by atomic mass is 14.8. The molecule has 0 radical (unpaired) electrons. The van der Waals surface area contributed by atoms with Gasteiger partial charge >= 0.3 is 0 Å². The molecule has 2 aromatic carbocycles. The van der Waals surface area contributed by atoms with E-state index in [0.717, 1.165) is 48.5 Å². The minimum atomic E-state index is 0.945. The molecule has 244 valence electrons. The smallest absolute Gasteiger partial charge is 0.0848 e. The van der Waals surface area contributed by atoms with Crippen molar-refractivity contribution < 1.29 is 0 Å². The van der Waals surface area contributed by atoms with Crippen LogP contribution in [0.4, 0.5) is 11.4 Å². The molecule has 0 atom stereocenters. The lowest BCUT2D eigenvalue weighted by Gasteiger charge is -2.08. The Hall–Kier alpha value is -2.48. The summed E-state index contributed by atoms with van der Waals surface area (Å²) in [5.74, 6) is 0. The molecule has 0 amide bonds. The number of nitrogens with zero attached hydrogens (tertiary/aromatic N) is 2. The van der Waals surface area contributed by atoms with E-state index in [1.165, 1.54) is 128 Å². The van der Waals surface area contributed by atoms with Crippen molar-refractivity contribution in [1.82, 2.24) is 0 Å². The van der Waals surface area contributed by atoms with E-state index < -0.39 is 0 Å². The molecule has 0 saturated carbocycles. The molecule has 44 heavy (non-hydrogen) atoms. The number of rotatable bonds is 28. The Kier molecular flexibility index (Phi) is 24.0. The molecule has 0 aliphatic heterocycles. The first-order valence-corrected chi connectivity index (χ1v) is 18.8. The van der Waals surface area contributed by atoms with Gasteiger partial charge in [0.1, 0.15) is 0 Å². The first kappa shape index (κ1) is 37.7. The van der Waals surface area contributed by atoms with Crippen LogP contribution in [0.5, 0.6) is 0 Å². The van der Waals surface area contributed by atoms with Crippen LogP contribution >= 0.6 is 0 Å². The Balaban J connectivity index is 1.58. The van der Waals surface area contributed by atoms with Crippen LogP contribution in [-0.2, 0) is 0 Å². The zero-order chi connectivity index (χ0) is 31.2. The highest BCUT2D eigenvalue weighted by Crippen LogP contribution is 2.18. The molecular formula is C42H66N2. The summed E-state index contributed by atoms with van der Waals surface area (Å²) in [5.41, 5.74) is 4.08. The summed E-state index contributed by atoms with van der Waals surface area (Å²) in [4.78, 5) is 10.1. The van der Waals surface area contributed by atoms with E-state index in [1.54, 1.807) is 0 Å². The fourth-order valence-electron chi connectivity index (χ4n) is 5.80. The van der Waals surface area contributed by atoms with E-state index in [1.807, 2.05) is 12.1 Å². The quantitative estimate of drug-likeness (QED) is 0.0687. The summed E-state index contributed by atoms with van der Waals surface area (Å²) < 4.78 is 0. The van der Waals surface area contributed by atoms with Crippen molar-refractivity contribution in [2.75, 3.05) is 0 Å².